The van der Waals surface area contributed by atoms with Crippen molar-refractivity contribution in [2.75, 3.05) is 13.1 Å². The van der Waals surface area contributed by atoms with Gasteiger partial charge in [-0.15, -0.1) is 0 Å². The lowest BCUT2D eigenvalue weighted by Gasteiger charge is -2.30. The van der Waals surface area contributed by atoms with Crippen molar-refractivity contribution >= 4 is 23.2 Å². The Morgan fingerprint density at radius 2 is 2.35 bits per heavy atom. The lowest BCUT2D eigenvalue weighted by atomic mass is 10.00. The summed E-state index contributed by atoms with van der Waals surface area (Å²) >= 11 is 1.48. The SMILES string of the molecule is CC1NCCCC1NC(=O)CCNC(=O)c1ccsc1. The number of hydrogen-bond donors (Lipinski definition) is 3. The summed E-state index contributed by atoms with van der Waals surface area (Å²) in [6.07, 6.45) is 2.42. The largest absolute Gasteiger partial charge is 0.352 e. The fourth-order valence-corrected chi connectivity index (χ4v) is 2.94. The van der Waals surface area contributed by atoms with Crippen LogP contribution in [0.2, 0.25) is 0 Å². The Balaban J connectivity index is 1.66. The maximum Gasteiger partial charge on any atom is 0.252 e. The summed E-state index contributed by atoms with van der Waals surface area (Å²) in [7, 11) is 0. The summed E-state index contributed by atoms with van der Waals surface area (Å²) in [5.41, 5.74) is 0.653. The van der Waals surface area contributed by atoms with Gasteiger partial charge < -0.3 is 16.0 Å². The Morgan fingerprint density at radius 3 is 3.05 bits per heavy atom. The molecule has 2 rings (SSSR count). The zero-order valence-corrected chi connectivity index (χ0v) is 12.5. The summed E-state index contributed by atoms with van der Waals surface area (Å²) in [5.74, 6) is -0.122. The second-order valence-electron chi connectivity index (χ2n) is 5.08. The van der Waals surface area contributed by atoms with Crippen molar-refractivity contribution in [2.45, 2.75) is 38.3 Å². The third-order valence-electron chi connectivity index (χ3n) is 3.53. The Kier molecular flexibility index (Phi) is 5.55. The van der Waals surface area contributed by atoms with Gasteiger partial charge in [0.25, 0.3) is 5.91 Å². The van der Waals surface area contributed by atoms with E-state index in [1.54, 1.807) is 11.4 Å². The van der Waals surface area contributed by atoms with Gasteiger partial charge in [-0.1, -0.05) is 0 Å². The molecule has 1 aromatic heterocycles. The van der Waals surface area contributed by atoms with Crippen LogP contribution in [0.5, 0.6) is 0 Å². The molecule has 0 radical (unpaired) electrons. The summed E-state index contributed by atoms with van der Waals surface area (Å²) in [6, 6.07) is 2.28. The van der Waals surface area contributed by atoms with Crippen LogP contribution in [0.1, 0.15) is 36.5 Å². The van der Waals surface area contributed by atoms with Gasteiger partial charge in [-0.25, -0.2) is 0 Å². The van der Waals surface area contributed by atoms with Gasteiger partial charge in [0.05, 0.1) is 0 Å². The van der Waals surface area contributed by atoms with E-state index >= 15 is 0 Å². The van der Waals surface area contributed by atoms with E-state index in [0.29, 0.717) is 24.6 Å². The van der Waals surface area contributed by atoms with Crippen molar-refractivity contribution < 1.29 is 9.59 Å². The molecule has 20 heavy (non-hydrogen) atoms. The molecule has 5 nitrogen and oxygen atoms in total. The molecule has 0 bridgehead atoms. The topological polar surface area (TPSA) is 70.2 Å². The quantitative estimate of drug-likeness (QED) is 0.762. The molecule has 1 aliphatic rings. The Labute approximate surface area is 123 Å². The first-order valence-corrected chi connectivity index (χ1v) is 7.94. The molecule has 0 aromatic carbocycles. The van der Waals surface area contributed by atoms with Gasteiger partial charge in [-0.2, -0.15) is 11.3 Å². The molecule has 1 aromatic rings. The number of carbonyl (C=O) groups is 2. The number of nitrogens with one attached hydrogen (secondary N) is 3. The number of rotatable bonds is 5. The molecule has 6 heteroatoms. The average molecular weight is 295 g/mol. The van der Waals surface area contributed by atoms with E-state index in [1.165, 1.54) is 11.3 Å². The van der Waals surface area contributed by atoms with Crippen LogP contribution < -0.4 is 16.0 Å². The minimum absolute atomic E-state index is 0.00355. The zero-order valence-electron chi connectivity index (χ0n) is 11.6. The number of hydrogen-bond acceptors (Lipinski definition) is 4. The van der Waals surface area contributed by atoms with E-state index in [2.05, 4.69) is 22.9 Å². The first kappa shape index (κ1) is 15.0. The van der Waals surface area contributed by atoms with Crippen molar-refractivity contribution in [1.29, 1.82) is 0 Å². The molecule has 2 unspecified atom stereocenters. The summed E-state index contributed by atoms with van der Waals surface area (Å²) < 4.78 is 0. The van der Waals surface area contributed by atoms with E-state index < -0.39 is 0 Å². The number of piperidine rings is 1. The molecule has 2 atom stereocenters. The predicted octanol–water partition coefficient (Wildman–Crippen LogP) is 1.12. The smallest absolute Gasteiger partial charge is 0.252 e. The van der Waals surface area contributed by atoms with Crippen LogP contribution in [0.3, 0.4) is 0 Å². The highest BCUT2D eigenvalue weighted by molar-refractivity contribution is 7.08. The van der Waals surface area contributed by atoms with E-state index in [0.717, 1.165) is 19.4 Å². The van der Waals surface area contributed by atoms with Crippen LogP contribution in [0.25, 0.3) is 0 Å². The minimum Gasteiger partial charge on any atom is -0.352 e. The zero-order chi connectivity index (χ0) is 14.4. The second-order valence-corrected chi connectivity index (χ2v) is 5.86. The van der Waals surface area contributed by atoms with Crippen LogP contribution in [0.15, 0.2) is 16.8 Å². The Morgan fingerprint density at radius 1 is 1.50 bits per heavy atom. The third-order valence-corrected chi connectivity index (χ3v) is 4.21. The highest BCUT2D eigenvalue weighted by Gasteiger charge is 2.22. The highest BCUT2D eigenvalue weighted by atomic mass is 32.1. The first-order valence-electron chi connectivity index (χ1n) is 7.00. The number of amides is 2. The van der Waals surface area contributed by atoms with Crippen LogP contribution in [0.4, 0.5) is 0 Å². The summed E-state index contributed by atoms with van der Waals surface area (Å²) in [6.45, 7) is 3.47. The van der Waals surface area contributed by atoms with Gasteiger partial charge in [-0.3, -0.25) is 9.59 Å². The highest BCUT2D eigenvalue weighted by Crippen LogP contribution is 2.08. The molecule has 1 aliphatic heterocycles. The van der Waals surface area contributed by atoms with Gasteiger partial charge in [-0.05, 0) is 37.8 Å². The van der Waals surface area contributed by atoms with Crippen molar-refractivity contribution in [3.63, 3.8) is 0 Å². The molecule has 3 N–H and O–H groups in total. The van der Waals surface area contributed by atoms with Crippen LogP contribution in [-0.4, -0.2) is 37.0 Å². The van der Waals surface area contributed by atoms with Crippen LogP contribution in [-0.2, 0) is 4.79 Å². The summed E-state index contributed by atoms with van der Waals surface area (Å²) in [5, 5.41) is 12.8. The van der Waals surface area contributed by atoms with Gasteiger partial charge in [0.2, 0.25) is 5.91 Å². The maximum absolute atomic E-state index is 11.8. The molecule has 1 saturated heterocycles. The lowest BCUT2D eigenvalue weighted by molar-refractivity contribution is -0.122. The van der Waals surface area contributed by atoms with Crippen molar-refractivity contribution in [3.8, 4) is 0 Å². The molecule has 2 heterocycles. The Bertz CT molecular complexity index is 447. The lowest BCUT2D eigenvalue weighted by Crippen LogP contribution is -2.52. The van der Waals surface area contributed by atoms with Crippen LogP contribution >= 0.6 is 11.3 Å². The fraction of sp³-hybridized carbons (Fsp3) is 0.571. The molecule has 0 aliphatic carbocycles. The van der Waals surface area contributed by atoms with E-state index in [1.807, 2.05) is 5.38 Å². The van der Waals surface area contributed by atoms with Gasteiger partial charge in [0.15, 0.2) is 0 Å². The van der Waals surface area contributed by atoms with Crippen molar-refractivity contribution in [1.82, 2.24) is 16.0 Å². The molecule has 110 valence electrons. The average Bonchev–Trinajstić information content (AvgIpc) is 2.95. The number of carbonyl (C=O) groups excluding carboxylic acids is 2. The monoisotopic (exact) mass is 295 g/mol. The maximum atomic E-state index is 11.8. The third kappa shape index (κ3) is 4.31. The van der Waals surface area contributed by atoms with E-state index in [4.69, 9.17) is 0 Å². The molecule has 1 fully saturated rings. The van der Waals surface area contributed by atoms with E-state index in [-0.39, 0.29) is 17.9 Å². The molecule has 0 saturated carbocycles. The second kappa shape index (κ2) is 7.40. The van der Waals surface area contributed by atoms with Gasteiger partial charge in [0, 0.05) is 36.0 Å². The molecule has 2 amide bonds. The van der Waals surface area contributed by atoms with Crippen molar-refractivity contribution in [2.24, 2.45) is 0 Å². The molecular formula is C14H21N3O2S. The standard InChI is InChI=1S/C14H21N3O2S/c1-10-12(3-2-6-15-10)17-13(18)4-7-16-14(19)11-5-8-20-9-11/h5,8-10,12,15H,2-4,6-7H2,1H3,(H,16,19)(H,17,18). The number of thiophene rings is 1. The predicted molar refractivity (Wildman–Crippen MR) is 79.9 cm³/mol. The van der Waals surface area contributed by atoms with E-state index in [9.17, 15) is 9.59 Å². The normalized spacial score (nSPS) is 22.2. The van der Waals surface area contributed by atoms with Gasteiger partial charge in [0.1, 0.15) is 0 Å². The molecule has 0 spiro atoms. The fourth-order valence-electron chi connectivity index (χ4n) is 2.31. The van der Waals surface area contributed by atoms with Crippen LogP contribution in [0, 0.1) is 0 Å². The summed E-state index contributed by atoms with van der Waals surface area (Å²) in [4.78, 5) is 23.5. The Hall–Kier alpha value is -1.40. The van der Waals surface area contributed by atoms with Gasteiger partial charge >= 0.3 is 0 Å². The van der Waals surface area contributed by atoms with Crippen molar-refractivity contribution in [3.05, 3.63) is 22.4 Å². The molecular weight excluding hydrogens is 274 g/mol. The first-order chi connectivity index (χ1) is 9.66. The minimum atomic E-state index is -0.119.